The molecule has 0 radical (unpaired) electrons. The minimum atomic E-state index is 0.883. The Kier molecular flexibility index (Phi) is 4.02. The predicted molar refractivity (Wildman–Crippen MR) is 160 cm³/mol. The van der Waals surface area contributed by atoms with E-state index >= 15 is 0 Å². The average molecular weight is 500 g/mol. The van der Waals surface area contributed by atoms with Gasteiger partial charge in [0.15, 0.2) is 5.58 Å². The zero-order chi connectivity index (χ0) is 25.5. The van der Waals surface area contributed by atoms with Crippen LogP contribution in [0.4, 0.5) is 0 Å². The number of hydrogen-bond acceptors (Lipinski definition) is 2. The van der Waals surface area contributed by atoms with Gasteiger partial charge in [-0.3, -0.25) is 4.98 Å². The molecule has 0 N–H and O–H groups in total. The molecule has 0 fully saturated rings. The first-order chi connectivity index (χ1) is 19.4. The number of pyridine rings is 1. The Morgan fingerprint density at radius 1 is 0.487 bits per heavy atom. The van der Waals surface area contributed by atoms with E-state index in [1.807, 2.05) is 24.5 Å². The topological polar surface area (TPSA) is 35.9 Å². The Labute approximate surface area is 222 Å². The molecule has 4 heterocycles. The molecule has 39 heavy (non-hydrogen) atoms. The van der Waals surface area contributed by atoms with E-state index in [0.717, 1.165) is 44.3 Å². The maximum atomic E-state index is 6.80. The van der Waals surface area contributed by atoms with Gasteiger partial charge in [0.05, 0.1) is 39.3 Å². The van der Waals surface area contributed by atoms with Crippen LogP contribution in [-0.2, 0) is 0 Å². The minimum absolute atomic E-state index is 0.883. The van der Waals surface area contributed by atoms with Crippen LogP contribution in [0.25, 0.3) is 76.9 Å². The number of nitrogens with zero attached hydrogens (tertiary/aromatic N) is 3. The molecule has 9 rings (SSSR count). The van der Waals surface area contributed by atoms with Crippen molar-refractivity contribution in [3.8, 4) is 11.4 Å². The summed E-state index contributed by atoms with van der Waals surface area (Å²) in [5.41, 5.74) is 8.46. The van der Waals surface area contributed by atoms with Crippen LogP contribution in [-0.4, -0.2) is 14.1 Å². The summed E-state index contributed by atoms with van der Waals surface area (Å²) in [6, 6.07) is 40.5. The Hall–Kier alpha value is -5.35. The van der Waals surface area contributed by atoms with Gasteiger partial charge in [-0.15, -0.1) is 0 Å². The van der Waals surface area contributed by atoms with Gasteiger partial charge in [-0.1, -0.05) is 72.8 Å². The predicted octanol–water partition coefficient (Wildman–Crippen LogP) is 9.18. The number of fused-ring (bicyclic) bond motifs is 12. The molecule has 0 aliphatic heterocycles. The van der Waals surface area contributed by atoms with Crippen LogP contribution >= 0.6 is 0 Å². The summed E-state index contributed by atoms with van der Waals surface area (Å²) in [5.74, 6) is 0. The summed E-state index contributed by atoms with van der Waals surface area (Å²) in [7, 11) is 0. The van der Waals surface area contributed by atoms with Crippen LogP contribution in [0.5, 0.6) is 0 Å². The molecule has 0 spiro atoms. The highest BCUT2D eigenvalue weighted by Crippen LogP contribution is 2.49. The molecule has 9 aromatic rings. The van der Waals surface area contributed by atoms with Crippen LogP contribution in [0.2, 0.25) is 0 Å². The third-order valence-electron chi connectivity index (χ3n) is 7.97. The highest BCUT2D eigenvalue weighted by atomic mass is 16.3. The maximum Gasteiger partial charge on any atom is 0.162 e. The number of furan rings is 1. The number of benzene rings is 5. The van der Waals surface area contributed by atoms with Gasteiger partial charge in [0.1, 0.15) is 5.58 Å². The van der Waals surface area contributed by atoms with Gasteiger partial charge in [-0.05, 0) is 42.5 Å². The van der Waals surface area contributed by atoms with Crippen molar-refractivity contribution in [3.05, 3.63) is 128 Å². The molecule has 0 unspecified atom stereocenters. The van der Waals surface area contributed by atoms with Crippen molar-refractivity contribution in [2.24, 2.45) is 0 Å². The summed E-state index contributed by atoms with van der Waals surface area (Å²) in [6.45, 7) is 0. The lowest BCUT2D eigenvalue weighted by molar-refractivity contribution is 0.671. The molecule has 182 valence electrons. The fourth-order valence-corrected chi connectivity index (χ4v) is 6.48. The number of para-hydroxylation sites is 4. The molecular formula is C35H21N3O. The summed E-state index contributed by atoms with van der Waals surface area (Å²) >= 11 is 0. The van der Waals surface area contributed by atoms with Gasteiger partial charge in [0.2, 0.25) is 0 Å². The second-order valence-electron chi connectivity index (χ2n) is 10.0. The van der Waals surface area contributed by atoms with Gasteiger partial charge in [-0.2, -0.15) is 0 Å². The lowest BCUT2D eigenvalue weighted by atomic mass is 10.0. The Balaban J connectivity index is 1.69. The highest BCUT2D eigenvalue weighted by molar-refractivity contribution is 6.39. The molecule has 0 atom stereocenters. The normalized spacial score (nSPS) is 12.1. The average Bonchev–Trinajstić information content (AvgIpc) is 3.66. The largest absolute Gasteiger partial charge is 0.454 e. The third-order valence-corrected chi connectivity index (χ3v) is 7.97. The van der Waals surface area contributed by atoms with Crippen LogP contribution in [0.15, 0.2) is 132 Å². The molecule has 0 saturated carbocycles. The van der Waals surface area contributed by atoms with Crippen LogP contribution in [0, 0.1) is 0 Å². The highest BCUT2D eigenvalue weighted by Gasteiger charge is 2.27. The lowest BCUT2D eigenvalue weighted by Crippen LogP contribution is -1.96. The smallest absolute Gasteiger partial charge is 0.162 e. The Morgan fingerprint density at radius 3 is 1.79 bits per heavy atom. The SMILES string of the molecule is c1ccc(-n2c3ccccc3c3c4c5ccccc5n(-c5cccnc5)c4c4oc5ccccc5c4c32)cc1. The third kappa shape index (κ3) is 2.65. The maximum absolute atomic E-state index is 6.80. The van der Waals surface area contributed by atoms with Crippen molar-refractivity contribution < 1.29 is 4.42 Å². The van der Waals surface area contributed by atoms with Crippen LogP contribution in [0.1, 0.15) is 0 Å². The van der Waals surface area contributed by atoms with Gasteiger partial charge >= 0.3 is 0 Å². The molecule has 4 aromatic heterocycles. The standard InChI is InChI=1S/C35H21N3O/c1-2-11-22(12-3-1)37-27-17-7-4-14-24(27)30-31-25-15-5-8-18-28(25)38(23-13-10-20-36-21-23)34(31)35-32(33(30)37)26-16-6-9-19-29(26)39-35/h1-21H. The van der Waals surface area contributed by atoms with Crippen molar-refractivity contribution in [3.63, 3.8) is 0 Å². The fraction of sp³-hybridized carbons (Fsp3) is 0. The molecule has 0 amide bonds. The van der Waals surface area contributed by atoms with Crippen molar-refractivity contribution in [1.29, 1.82) is 0 Å². The monoisotopic (exact) mass is 499 g/mol. The van der Waals surface area contributed by atoms with E-state index in [0.29, 0.717) is 0 Å². The number of rotatable bonds is 2. The molecule has 0 bridgehead atoms. The summed E-state index contributed by atoms with van der Waals surface area (Å²) < 4.78 is 11.5. The molecule has 0 aliphatic carbocycles. The van der Waals surface area contributed by atoms with E-state index in [-0.39, 0.29) is 0 Å². The van der Waals surface area contributed by atoms with E-state index in [2.05, 4.69) is 117 Å². The number of aromatic nitrogens is 3. The summed E-state index contributed by atoms with van der Waals surface area (Å²) in [6.07, 6.45) is 3.75. The van der Waals surface area contributed by atoms with E-state index < -0.39 is 0 Å². The molecule has 0 aliphatic rings. The van der Waals surface area contributed by atoms with Crippen molar-refractivity contribution in [2.45, 2.75) is 0 Å². The first-order valence-electron chi connectivity index (χ1n) is 13.2. The molecule has 4 heteroatoms. The quantitative estimate of drug-likeness (QED) is 0.238. The van der Waals surface area contributed by atoms with Gasteiger partial charge in [0, 0.05) is 38.8 Å². The molecule has 0 saturated heterocycles. The van der Waals surface area contributed by atoms with Gasteiger partial charge in [0.25, 0.3) is 0 Å². The zero-order valence-corrected chi connectivity index (χ0v) is 20.9. The van der Waals surface area contributed by atoms with Crippen molar-refractivity contribution in [2.75, 3.05) is 0 Å². The van der Waals surface area contributed by atoms with Crippen molar-refractivity contribution >= 4 is 65.6 Å². The van der Waals surface area contributed by atoms with E-state index in [1.165, 1.54) is 32.6 Å². The summed E-state index contributed by atoms with van der Waals surface area (Å²) in [5, 5.41) is 7.09. The first kappa shape index (κ1) is 20.7. The zero-order valence-electron chi connectivity index (χ0n) is 20.9. The Bertz CT molecular complexity index is 2370. The molecule has 5 aromatic carbocycles. The first-order valence-corrected chi connectivity index (χ1v) is 13.2. The fourth-order valence-electron chi connectivity index (χ4n) is 6.48. The minimum Gasteiger partial charge on any atom is -0.454 e. The van der Waals surface area contributed by atoms with E-state index in [1.54, 1.807) is 0 Å². The molecular weight excluding hydrogens is 478 g/mol. The number of hydrogen-bond donors (Lipinski definition) is 0. The summed E-state index contributed by atoms with van der Waals surface area (Å²) in [4.78, 5) is 4.48. The second kappa shape index (κ2) is 7.59. The van der Waals surface area contributed by atoms with Gasteiger partial charge in [-0.25, -0.2) is 0 Å². The van der Waals surface area contributed by atoms with E-state index in [9.17, 15) is 0 Å². The van der Waals surface area contributed by atoms with Crippen LogP contribution < -0.4 is 0 Å². The van der Waals surface area contributed by atoms with Crippen molar-refractivity contribution in [1.82, 2.24) is 14.1 Å². The lowest BCUT2D eigenvalue weighted by Gasteiger charge is -2.10. The van der Waals surface area contributed by atoms with Gasteiger partial charge < -0.3 is 13.6 Å². The van der Waals surface area contributed by atoms with Crippen LogP contribution in [0.3, 0.4) is 0 Å². The Morgan fingerprint density at radius 2 is 1.08 bits per heavy atom. The second-order valence-corrected chi connectivity index (χ2v) is 10.0. The molecule has 4 nitrogen and oxygen atoms in total. The van der Waals surface area contributed by atoms with E-state index in [4.69, 9.17) is 4.42 Å².